The second kappa shape index (κ2) is 19.0. The Kier molecular flexibility index (Phi) is 10.8. The van der Waals surface area contributed by atoms with Gasteiger partial charge < -0.3 is 18.0 Å². The van der Waals surface area contributed by atoms with Crippen molar-refractivity contribution in [2.45, 2.75) is 41.5 Å². The highest BCUT2D eigenvalue weighted by molar-refractivity contribution is 6.95. The van der Waals surface area contributed by atoms with Crippen molar-refractivity contribution >= 4 is 154 Å². The Morgan fingerprint density at radius 1 is 0.275 bits per heavy atom. The Hall–Kier alpha value is -11.5. The molecule has 430 valence electrons. The van der Waals surface area contributed by atoms with Crippen LogP contribution in [0.25, 0.3) is 154 Å². The number of aromatic nitrogens is 7. The third-order valence-corrected chi connectivity index (χ3v) is 19.5. The summed E-state index contributed by atoms with van der Waals surface area (Å²) in [6.07, 6.45) is 0. The van der Waals surface area contributed by atoms with Gasteiger partial charge in [-0.2, -0.15) is 4.98 Å². The summed E-state index contributed by atoms with van der Waals surface area (Å²) < 4.78 is 22.2. The average Bonchev–Trinajstić information content (AvgIpc) is 1.58. The van der Waals surface area contributed by atoms with Crippen LogP contribution in [0, 0.1) is 41.5 Å². The van der Waals surface area contributed by atoms with E-state index < -0.39 is 0 Å². The molecule has 0 bridgehead atoms. The zero-order valence-corrected chi connectivity index (χ0v) is 51.0. The van der Waals surface area contributed by atoms with Crippen LogP contribution in [0.1, 0.15) is 33.4 Å². The molecule has 0 spiro atoms. The van der Waals surface area contributed by atoms with E-state index in [4.69, 9.17) is 23.8 Å². The summed E-state index contributed by atoms with van der Waals surface area (Å²) >= 11 is 0. The second-order valence-corrected chi connectivity index (χ2v) is 25.0. The van der Waals surface area contributed by atoms with Crippen molar-refractivity contribution in [3.63, 3.8) is 0 Å². The van der Waals surface area contributed by atoms with Crippen molar-refractivity contribution in [3.05, 3.63) is 264 Å². The smallest absolute Gasteiger partial charge is 0.291 e. The zero-order valence-electron chi connectivity index (χ0n) is 51.0. The van der Waals surface area contributed by atoms with E-state index in [9.17, 15) is 0 Å². The van der Waals surface area contributed by atoms with Gasteiger partial charge in [0.25, 0.3) is 6.71 Å². The normalized spacial score (nSPS) is 12.3. The van der Waals surface area contributed by atoms with E-state index in [1.807, 2.05) is 24.3 Å². The molecule has 0 aliphatic rings. The van der Waals surface area contributed by atoms with Gasteiger partial charge in [0, 0.05) is 76.0 Å². The highest BCUT2D eigenvalue weighted by atomic mass is 16.3. The lowest BCUT2D eigenvalue weighted by molar-refractivity contribution is 0.668. The van der Waals surface area contributed by atoms with Gasteiger partial charge in [0.15, 0.2) is 0 Å². The Bertz CT molecular complexity index is 5960. The van der Waals surface area contributed by atoms with Crippen LogP contribution in [-0.4, -0.2) is 39.9 Å². The van der Waals surface area contributed by atoms with E-state index in [-0.39, 0.29) is 6.71 Å². The number of rotatable bonds is 7. The van der Waals surface area contributed by atoms with Gasteiger partial charge in [-0.3, -0.25) is 9.13 Å². The molecule has 12 aromatic carbocycles. The molecular weight excluding hydrogens is 1110 g/mol. The number of fused-ring (bicyclic) bond motifs is 20. The van der Waals surface area contributed by atoms with Crippen molar-refractivity contribution in [1.82, 2.24) is 33.2 Å². The lowest BCUT2D eigenvalue weighted by atomic mass is 9.37. The van der Waals surface area contributed by atoms with Gasteiger partial charge in [0.2, 0.25) is 11.9 Å². The number of hydrogen-bond donors (Lipinski definition) is 0. The number of benzene rings is 12. The van der Waals surface area contributed by atoms with Crippen LogP contribution in [0.15, 0.2) is 239 Å². The number of para-hydroxylation sites is 6. The Morgan fingerprint density at radius 3 is 0.956 bits per heavy atom. The van der Waals surface area contributed by atoms with E-state index in [0.717, 1.165) is 142 Å². The number of furan rings is 2. The summed E-state index contributed by atoms with van der Waals surface area (Å²) in [5.41, 5.74) is 24.3. The minimum atomic E-state index is -0.369. The Labute approximate surface area is 522 Å². The molecule has 0 fully saturated rings. The third-order valence-electron chi connectivity index (χ3n) is 19.5. The molecule has 0 saturated carbocycles. The minimum absolute atomic E-state index is 0.369. The molecule has 0 N–H and O–H groups in total. The number of aryl methyl sites for hydroxylation is 6. The molecule has 7 aromatic heterocycles. The van der Waals surface area contributed by atoms with Crippen molar-refractivity contribution in [3.8, 4) is 23.3 Å². The summed E-state index contributed by atoms with van der Waals surface area (Å²) in [6.45, 7) is 13.0. The molecule has 19 rings (SSSR count). The molecule has 0 amide bonds. The number of nitrogens with zero attached hydrogens (tertiary/aromatic N) is 7. The predicted octanol–water partition coefficient (Wildman–Crippen LogP) is 18.4. The van der Waals surface area contributed by atoms with Gasteiger partial charge in [0.1, 0.15) is 28.1 Å². The molecule has 0 aliphatic heterocycles. The molecule has 0 radical (unpaired) electrons. The Balaban J connectivity index is 0.915. The summed E-state index contributed by atoms with van der Waals surface area (Å²) in [6, 6.07) is 83.3. The van der Waals surface area contributed by atoms with Crippen LogP contribution >= 0.6 is 0 Å². The van der Waals surface area contributed by atoms with E-state index >= 15 is 0 Å². The van der Waals surface area contributed by atoms with Gasteiger partial charge in [-0.1, -0.05) is 178 Å². The van der Waals surface area contributed by atoms with Gasteiger partial charge in [-0.05, 0) is 139 Å². The summed E-state index contributed by atoms with van der Waals surface area (Å²) in [7, 11) is 0. The summed E-state index contributed by atoms with van der Waals surface area (Å²) in [4.78, 5) is 17.7. The largest absolute Gasteiger partial charge is 0.456 e. The predicted molar refractivity (Wildman–Crippen MR) is 378 cm³/mol. The molecule has 9 nitrogen and oxygen atoms in total. The molecule has 10 heteroatoms. The van der Waals surface area contributed by atoms with E-state index in [1.165, 1.54) is 44.3 Å². The SMILES string of the molecule is Cc1cc(C)c(B(c2nc(-n3c4ccccc4c4c5c6ccccc6n(-c6ccc7oc8ccccc8c7c6)c5ccc43)nc(-n3c4ccccc4c4c5c6ccccc6n(-c6ccc7oc8ccccc8c7c6)c5ccc43)n2)c2c(C)cc(C)cc2C)c(C)c1. The van der Waals surface area contributed by atoms with E-state index in [0.29, 0.717) is 17.6 Å². The standard InChI is InChI=1S/C81H56BN7O2/c1-45-39-47(3)77(48(4)40-45)82(78-49(5)41-46(2)42-50(78)6)79-83-80(88-63-27-15-9-23-57(63)75-67(88)35-33-65-73(75)55-21-7-13-25-61(55)86(65)51-31-37-71-59(43-51)53-19-11-17-29-69(53)90-71)85-81(84-79)89-64-28-16-10-24-58(64)76-68(89)36-34-66-74(76)56-22-8-14-26-62(56)87(66)52-32-38-72-60(44-52)54-20-12-18-30-70(54)91-72/h7-44H,1-6H3. The van der Waals surface area contributed by atoms with Crippen LogP contribution < -0.4 is 16.6 Å². The van der Waals surface area contributed by atoms with Crippen LogP contribution in [0.2, 0.25) is 0 Å². The fraction of sp³-hybridized carbons (Fsp3) is 0.0741. The van der Waals surface area contributed by atoms with Gasteiger partial charge in [0.05, 0.1) is 44.1 Å². The van der Waals surface area contributed by atoms with Crippen LogP contribution in [0.4, 0.5) is 0 Å². The first-order valence-electron chi connectivity index (χ1n) is 31.3. The summed E-state index contributed by atoms with van der Waals surface area (Å²) in [5.74, 6) is 1.07. The van der Waals surface area contributed by atoms with Crippen LogP contribution in [0.3, 0.4) is 0 Å². The van der Waals surface area contributed by atoms with E-state index in [1.54, 1.807) is 0 Å². The third kappa shape index (κ3) is 7.32. The maximum atomic E-state index is 6.36. The average molecular weight is 1170 g/mol. The maximum absolute atomic E-state index is 6.36. The maximum Gasteiger partial charge on any atom is 0.291 e. The molecule has 0 aliphatic carbocycles. The van der Waals surface area contributed by atoms with Gasteiger partial charge in [-0.25, -0.2) is 9.97 Å². The lowest BCUT2D eigenvalue weighted by Gasteiger charge is -2.24. The first kappa shape index (κ1) is 51.5. The molecule has 91 heavy (non-hydrogen) atoms. The Morgan fingerprint density at radius 2 is 0.582 bits per heavy atom. The molecular formula is C81H56BN7O2. The zero-order chi connectivity index (χ0) is 60.7. The second-order valence-electron chi connectivity index (χ2n) is 25.0. The first-order chi connectivity index (χ1) is 44.6. The van der Waals surface area contributed by atoms with Gasteiger partial charge >= 0.3 is 0 Å². The van der Waals surface area contributed by atoms with Crippen LogP contribution in [0.5, 0.6) is 0 Å². The fourth-order valence-corrected chi connectivity index (χ4v) is 16.1. The van der Waals surface area contributed by atoms with Crippen molar-refractivity contribution in [1.29, 1.82) is 0 Å². The summed E-state index contributed by atoms with van der Waals surface area (Å²) in [5, 5.41) is 13.5. The van der Waals surface area contributed by atoms with Crippen molar-refractivity contribution in [2.75, 3.05) is 0 Å². The fourth-order valence-electron chi connectivity index (χ4n) is 16.1. The number of hydrogen-bond acceptors (Lipinski definition) is 5. The molecule has 0 atom stereocenters. The van der Waals surface area contributed by atoms with E-state index in [2.05, 4.69) is 266 Å². The van der Waals surface area contributed by atoms with Crippen molar-refractivity contribution in [2.24, 2.45) is 0 Å². The van der Waals surface area contributed by atoms with Crippen LogP contribution in [-0.2, 0) is 0 Å². The first-order valence-corrected chi connectivity index (χ1v) is 31.3. The monoisotopic (exact) mass is 1170 g/mol. The molecule has 0 saturated heterocycles. The minimum Gasteiger partial charge on any atom is -0.456 e. The molecule has 0 unspecified atom stereocenters. The molecule has 19 aromatic rings. The molecule has 7 heterocycles. The van der Waals surface area contributed by atoms with Gasteiger partial charge in [-0.15, -0.1) is 0 Å². The van der Waals surface area contributed by atoms with Crippen molar-refractivity contribution < 1.29 is 8.83 Å². The quantitative estimate of drug-likeness (QED) is 0.148. The topological polar surface area (TPSA) is 84.7 Å². The highest BCUT2D eigenvalue weighted by Gasteiger charge is 2.34. The lowest BCUT2D eigenvalue weighted by Crippen LogP contribution is -2.58. The highest BCUT2D eigenvalue weighted by Crippen LogP contribution is 2.45.